The second-order valence-corrected chi connectivity index (χ2v) is 9.66. The Kier molecular flexibility index (Phi) is 5.53. The molecule has 154 valence electrons. The van der Waals surface area contributed by atoms with Crippen LogP contribution in [-0.4, -0.2) is 30.7 Å². The minimum Gasteiger partial charge on any atom is -0.366 e. The molecular weight excluding hydrogens is 386 g/mol. The van der Waals surface area contributed by atoms with E-state index in [4.69, 9.17) is 4.98 Å². The van der Waals surface area contributed by atoms with Gasteiger partial charge in [-0.25, -0.2) is 0 Å². The van der Waals surface area contributed by atoms with Crippen molar-refractivity contribution in [1.29, 1.82) is 0 Å². The highest BCUT2D eigenvalue weighted by molar-refractivity contribution is 8.02. The normalized spacial score (nSPS) is 19.1. The zero-order chi connectivity index (χ0) is 20.5. The van der Waals surface area contributed by atoms with Crippen molar-refractivity contribution < 1.29 is 0 Å². The first-order valence-corrected chi connectivity index (χ1v) is 12.0. The lowest BCUT2D eigenvalue weighted by Crippen LogP contribution is -2.51. The Bertz CT molecular complexity index is 1030. The molecule has 1 atom stereocenters. The molecule has 1 aliphatic carbocycles. The van der Waals surface area contributed by atoms with E-state index in [2.05, 4.69) is 72.6 Å². The predicted octanol–water partition coefficient (Wildman–Crippen LogP) is 5.45. The van der Waals surface area contributed by atoms with E-state index in [0.29, 0.717) is 12.0 Å². The summed E-state index contributed by atoms with van der Waals surface area (Å²) >= 11 is 1.99. The first kappa shape index (κ1) is 19.7. The van der Waals surface area contributed by atoms with E-state index in [-0.39, 0.29) is 0 Å². The molecule has 3 heterocycles. The van der Waals surface area contributed by atoms with Crippen LogP contribution in [0.2, 0.25) is 0 Å². The van der Waals surface area contributed by atoms with Crippen LogP contribution in [0.4, 0.5) is 5.69 Å². The molecule has 0 bridgehead atoms. The third-order valence-corrected chi connectivity index (χ3v) is 7.54. The lowest BCUT2D eigenvalue weighted by molar-refractivity contribution is 0.455. The van der Waals surface area contributed by atoms with E-state index >= 15 is 0 Å². The molecule has 5 rings (SSSR count). The van der Waals surface area contributed by atoms with Gasteiger partial charge >= 0.3 is 0 Å². The zero-order valence-corrected chi connectivity index (χ0v) is 18.6. The highest BCUT2D eigenvalue weighted by Crippen LogP contribution is 2.49. The Morgan fingerprint density at radius 3 is 2.80 bits per heavy atom. The molecule has 1 unspecified atom stereocenters. The molecule has 3 nitrogen and oxygen atoms in total. The van der Waals surface area contributed by atoms with Gasteiger partial charge in [0, 0.05) is 48.8 Å². The average Bonchev–Trinajstić information content (AvgIpc) is 2.89. The van der Waals surface area contributed by atoms with E-state index in [1.807, 2.05) is 24.0 Å². The van der Waals surface area contributed by atoms with E-state index in [1.165, 1.54) is 32.8 Å². The Balaban J connectivity index is 1.53. The maximum Gasteiger partial charge on any atom is 0.0944 e. The van der Waals surface area contributed by atoms with Crippen molar-refractivity contribution in [3.63, 3.8) is 0 Å². The summed E-state index contributed by atoms with van der Waals surface area (Å²) in [6.45, 7) is 7.64. The molecule has 0 spiro atoms. The van der Waals surface area contributed by atoms with Gasteiger partial charge in [0.1, 0.15) is 0 Å². The summed E-state index contributed by atoms with van der Waals surface area (Å²) in [5.41, 5.74) is 8.08. The van der Waals surface area contributed by atoms with Crippen molar-refractivity contribution in [2.75, 3.05) is 24.5 Å². The van der Waals surface area contributed by atoms with Gasteiger partial charge in [0.25, 0.3) is 0 Å². The van der Waals surface area contributed by atoms with Crippen molar-refractivity contribution in [3.05, 3.63) is 76.3 Å². The number of thioether (sulfide) groups is 1. The van der Waals surface area contributed by atoms with Crippen LogP contribution >= 0.6 is 11.8 Å². The quantitative estimate of drug-likeness (QED) is 0.613. The molecule has 1 aromatic rings. The molecule has 30 heavy (non-hydrogen) atoms. The summed E-state index contributed by atoms with van der Waals surface area (Å²) in [5, 5.41) is 3.74. The summed E-state index contributed by atoms with van der Waals surface area (Å²) in [4.78, 5) is 8.97. The van der Waals surface area contributed by atoms with Crippen molar-refractivity contribution in [2.45, 2.75) is 32.1 Å². The monoisotopic (exact) mass is 415 g/mol. The molecule has 0 saturated carbocycles. The maximum absolute atomic E-state index is 4.90. The van der Waals surface area contributed by atoms with E-state index in [0.717, 1.165) is 37.5 Å². The van der Waals surface area contributed by atoms with Gasteiger partial charge in [-0.2, -0.15) is 0 Å². The lowest BCUT2D eigenvalue weighted by atomic mass is 10.0. The van der Waals surface area contributed by atoms with Gasteiger partial charge in [-0.1, -0.05) is 56.3 Å². The highest BCUT2D eigenvalue weighted by Gasteiger charge is 2.31. The number of piperazine rings is 1. The second-order valence-electron chi connectivity index (χ2n) is 8.61. The van der Waals surface area contributed by atoms with Crippen molar-refractivity contribution in [3.8, 4) is 11.3 Å². The molecular formula is C26H29N3S. The van der Waals surface area contributed by atoms with E-state index in [1.54, 1.807) is 0 Å². The first-order chi connectivity index (χ1) is 14.7. The summed E-state index contributed by atoms with van der Waals surface area (Å²) in [5.74, 6) is 1.60. The smallest absolute Gasteiger partial charge is 0.0944 e. The molecule has 0 radical (unpaired) electrons. The fourth-order valence-corrected chi connectivity index (χ4v) is 5.84. The number of aromatic nitrogens is 1. The van der Waals surface area contributed by atoms with Gasteiger partial charge in [0.15, 0.2) is 0 Å². The lowest BCUT2D eigenvalue weighted by Gasteiger charge is -2.36. The van der Waals surface area contributed by atoms with Crippen LogP contribution in [-0.2, 0) is 12.2 Å². The number of fused-ring (bicyclic) bond motifs is 3. The van der Waals surface area contributed by atoms with Crippen LogP contribution in [0.15, 0.2) is 59.6 Å². The molecule has 1 fully saturated rings. The summed E-state index contributed by atoms with van der Waals surface area (Å²) < 4.78 is 0. The van der Waals surface area contributed by atoms with Gasteiger partial charge in [0.05, 0.1) is 11.4 Å². The largest absolute Gasteiger partial charge is 0.366 e. The summed E-state index contributed by atoms with van der Waals surface area (Å²) in [7, 11) is 0. The number of hydrogen-bond donors (Lipinski definition) is 1. The van der Waals surface area contributed by atoms with Gasteiger partial charge in [0.2, 0.25) is 0 Å². The minimum atomic E-state index is 0.450. The van der Waals surface area contributed by atoms with Gasteiger partial charge < -0.3 is 10.2 Å². The topological polar surface area (TPSA) is 28.2 Å². The molecule has 4 heteroatoms. The van der Waals surface area contributed by atoms with Crippen molar-refractivity contribution >= 4 is 23.5 Å². The van der Waals surface area contributed by atoms with Crippen LogP contribution in [0.25, 0.3) is 17.3 Å². The number of nitrogens with one attached hydrogen (secondary N) is 1. The van der Waals surface area contributed by atoms with Crippen LogP contribution in [0, 0.1) is 5.92 Å². The third-order valence-electron chi connectivity index (χ3n) is 6.18. The molecule has 1 N–H and O–H groups in total. The standard InChI is InChI=1S/C26H29N3S/c1-18(2)24-15-22-23(17-30-24)21-10-6-7-11-28-25(21)26(22)29-13-12-27-20(16-29)14-19-8-4-3-5-9-19/h3-11,15,18,20,27H,12-14,16-17H2,1-2H3. The fourth-order valence-electron chi connectivity index (χ4n) is 4.68. The maximum atomic E-state index is 4.90. The average molecular weight is 416 g/mol. The predicted molar refractivity (Wildman–Crippen MR) is 129 cm³/mol. The van der Waals surface area contributed by atoms with Crippen LogP contribution in [0.5, 0.6) is 0 Å². The van der Waals surface area contributed by atoms with Gasteiger partial charge in [-0.3, -0.25) is 4.98 Å². The molecule has 3 aliphatic heterocycles. The number of hydrogen-bond acceptors (Lipinski definition) is 4. The third kappa shape index (κ3) is 3.75. The number of anilines is 1. The minimum absolute atomic E-state index is 0.450. The number of benzene rings is 1. The Morgan fingerprint density at radius 1 is 1.13 bits per heavy atom. The molecule has 4 aliphatic rings. The highest BCUT2D eigenvalue weighted by atomic mass is 32.2. The van der Waals surface area contributed by atoms with Crippen molar-refractivity contribution in [1.82, 2.24) is 10.3 Å². The fraction of sp³-hybridized carbons (Fsp3) is 0.346. The Morgan fingerprint density at radius 2 is 1.97 bits per heavy atom. The molecule has 0 amide bonds. The van der Waals surface area contributed by atoms with Crippen LogP contribution in [0.1, 0.15) is 30.5 Å². The van der Waals surface area contributed by atoms with Crippen molar-refractivity contribution in [2.24, 2.45) is 5.92 Å². The zero-order valence-electron chi connectivity index (χ0n) is 17.8. The first-order valence-electron chi connectivity index (χ1n) is 11.0. The van der Waals surface area contributed by atoms with E-state index in [9.17, 15) is 0 Å². The number of rotatable bonds is 4. The Labute approximate surface area is 183 Å². The van der Waals surface area contributed by atoms with Gasteiger partial charge in [-0.05, 0) is 40.5 Å². The number of allylic oxidation sites excluding steroid dienone is 1. The molecule has 1 saturated heterocycles. The SMILES string of the molecule is CC(C)C1=Cc2c(c3ccccnc-3c2N2CCNC(Cc3ccccc3)C2)CS1. The number of nitrogens with zero attached hydrogens (tertiary/aromatic N) is 2. The second kappa shape index (κ2) is 8.44. The summed E-state index contributed by atoms with van der Waals surface area (Å²) in [6, 6.07) is 17.7. The van der Waals surface area contributed by atoms with E-state index < -0.39 is 0 Å². The molecule has 0 aromatic heterocycles. The van der Waals surface area contributed by atoms with Crippen LogP contribution < -0.4 is 10.2 Å². The Hall–Kier alpha value is -2.30. The molecule has 1 aromatic carbocycles. The van der Waals surface area contributed by atoms with Crippen LogP contribution in [0.3, 0.4) is 0 Å². The summed E-state index contributed by atoms with van der Waals surface area (Å²) in [6.07, 6.45) is 5.45. The van der Waals surface area contributed by atoms with Gasteiger partial charge in [-0.15, -0.1) is 11.8 Å².